The van der Waals surface area contributed by atoms with Crippen molar-refractivity contribution in [1.82, 2.24) is 7.10 Å². The maximum atomic E-state index is 5.71. The molecule has 14 rings (SSSR count). The Balaban J connectivity index is 1.13. The van der Waals surface area contributed by atoms with E-state index in [0.29, 0.717) is 23.3 Å². The summed E-state index contributed by atoms with van der Waals surface area (Å²) in [4.78, 5) is 42.5. The van der Waals surface area contributed by atoms with E-state index >= 15 is 0 Å². The molecule has 10 aromatic rings. The Hall–Kier alpha value is -6.95. The fourth-order valence-corrected chi connectivity index (χ4v) is 14.7. The highest BCUT2D eigenvalue weighted by Crippen LogP contribution is 2.47. The van der Waals surface area contributed by atoms with Gasteiger partial charge in [-0.05, 0) is 72.8 Å². The average Bonchev–Trinajstić information content (AvgIpc) is 4.10. The van der Waals surface area contributed by atoms with Gasteiger partial charge in [-0.25, -0.2) is 30.0 Å². The second kappa shape index (κ2) is 16.9. The van der Waals surface area contributed by atoms with E-state index in [9.17, 15) is 0 Å². The Kier molecular flexibility index (Phi) is 10.1. The van der Waals surface area contributed by atoms with Crippen LogP contribution in [0, 0.1) is 0 Å². The van der Waals surface area contributed by atoms with Gasteiger partial charge in [-0.1, -0.05) is 168 Å². The molecule has 0 fully saturated rings. The zero-order valence-corrected chi connectivity index (χ0v) is 40.7. The van der Waals surface area contributed by atoms with Crippen molar-refractivity contribution < 1.29 is 0 Å². The number of hydrogen-bond donors (Lipinski definition) is 0. The van der Waals surface area contributed by atoms with Crippen LogP contribution in [0.4, 0.5) is 11.6 Å². The van der Waals surface area contributed by atoms with Gasteiger partial charge in [-0.15, -0.1) is 0 Å². The standard InChI is InChI=1S/C56H32N8S4.Al/c1-5-17-33(18-6-1)65-41-29-13-25-37-45(41)53-57-49(37)62-54-47-39(27-15-31-43(47)67-35-21-9-3-10-22-35)51(59-54)64-56-48-40(28-16-32-44(48)68-36-23-11-4-12-24-36)52(60-56)63-55-46-38(50(58-55)61-53)26-14-30-42(46)66-34-19-7-2-8-20-34;/h1-32H;/q-2;+2. The molecule has 4 aliphatic heterocycles. The molecular weight excluding hydrogens is 940 g/mol. The summed E-state index contributed by atoms with van der Waals surface area (Å²) in [5.74, 6) is 4.05. The lowest BCUT2D eigenvalue weighted by molar-refractivity contribution is 0.991. The third-order valence-corrected chi connectivity index (χ3v) is 18.0. The fourth-order valence-electron chi connectivity index (χ4n) is 9.24. The van der Waals surface area contributed by atoms with Crippen LogP contribution in [0.3, 0.4) is 0 Å². The molecule has 2 aromatic heterocycles. The van der Waals surface area contributed by atoms with Gasteiger partial charge in [0.2, 0.25) is 0 Å². The number of fused-ring (bicyclic) bond motifs is 14. The fraction of sp³-hybridized carbons (Fsp3) is 0. The number of aliphatic imine (C=N–C) groups is 4. The zero-order chi connectivity index (χ0) is 45.4. The Labute approximate surface area is 419 Å². The van der Waals surface area contributed by atoms with Crippen molar-refractivity contribution in [3.8, 4) is 0 Å². The van der Waals surface area contributed by atoms with Gasteiger partial charge < -0.3 is 7.10 Å². The van der Waals surface area contributed by atoms with Crippen LogP contribution >= 0.6 is 47.0 Å². The lowest BCUT2D eigenvalue weighted by Crippen LogP contribution is -2.36. The maximum Gasteiger partial charge on any atom is 0.568 e. The highest BCUT2D eigenvalue weighted by Gasteiger charge is 2.33. The van der Waals surface area contributed by atoms with Crippen molar-refractivity contribution in [3.63, 3.8) is 0 Å². The average molecular weight is 972 g/mol. The number of amidine groups is 4. The van der Waals surface area contributed by atoms with Crippen molar-refractivity contribution in [2.75, 3.05) is 0 Å². The number of nitrogens with zero attached hydrogens (tertiary/aromatic N) is 8. The third kappa shape index (κ3) is 7.11. The molecular formula is C56H32AlN8S4. The molecule has 0 amide bonds. The largest absolute Gasteiger partial charge is 0.568 e. The van der Waals surface area contributed by atoms with E-state index in [0.717, 1.165) is 106 Å². The normalized spacial score (nSPS) is 13.9. The Bertz CT molecular complexity index is 4040. The molecule has 323 valence electrons. The number of benzene rings is 8. The summed E-state index contributed by atoms with van der Waals surface area (Å²) in [6.45, 7) is 0. The first kappa shape index (κ1) is 41.1. The minimum absolute atomic E-state index is 0.618. The van der Waals surface area contributed by atoms with Gasteiger partial charge in [0.15, 0.2) is 23.3 Å². The SMILES string of the molecule is c1ccc(Sc2cccc3c2C2=NC3=Nc3c4c(Sc5ccccc5)cccc4c4[n]3[Al][n]3c(c5cccc(Sc6ccccc6)c5c3=NC3=NC(=N4)c4c(Sc5ccccc5)cccc43)=N2)cc1. The molecule has 13 heteroatoms. The lowest BCUT2D eigenvalue weighted by atomic mass is 10.1. The first-order valence-electron chi connectivity index (χ1n) is 22.3. The third-order valence-electron chi connectivity index (χ3n) is 12.3. The van der Waals surface area contributed by atoms with Crippen molar-refractivity contribution in [2.24, 2.45) is 30.0 Å². The molecule has 0 N–H and O–H groups in total. The van der Waals surface area contributed by atoms with Crippen molar-refractivity contribution in [1.29, 1.82) is 0 Å². The highest BCUT2D eigenvalue weighted by atomic mass is 32.2. The van der Waals surface area contributed by atoms with E-state index in [1.807, 2.05) is 0 Å². The molecule has 1 radical (unpaired) electrons. The topological polar surface area (TPSA) is 84.0 Å². The second-order valence-electron chi connectivity index (χ2n) is 16.5. The lowest BCUT2D eigenvalue weighted by Gasteiger charge is -2.12. The van der Waals surface area contributed by atoms with Gasteiger partial charge in [0.25, 0.3) is 0 Å². The maximum absolute atomic E-state index is 5.71. The van der Waals surface area contributed by atoms with Crippen LogP contribution in [0.25, 0.3) is 21.5 Å². The predicted octanol–water partition coefficient (Wildman–Crippen LogP) is 13.1. The molecule has 0 saturated carbocycles. The number of rotatable bonds is 8. The van der Waals surface area contributed by atoms with Crippen molar-refractivity contribution >= 4 is 119 Å². The van der Waals surface area contributed by atoms with Gasteiger partial charge in [-0.3, -0.25) is 0 Å². The summed E-state index contributed by atoms with van der Waals surface area (Å²) < 4.78 is 4.65. The zero-order valence-electron chi connectivity index (χ0n) is 36.3. The summed E-state index contributed by atoms with van der Waals surface area (Å²) in [6.07, 6.45) is 0. The van der Waals surface area contributed by atoms with Crippen LogP contribution in [-0.2, 0) is 0 Å². The minimum Gasteiger partial charge on any atom is -0.389 e. The molecule has 0 aliphatic carbocycles. The Morgan fingerprint density at radius 2 is 0.725 bits per heavy atom. The minimum atomic E-state index is -0.872. The Morgan fingerprint density at radius 3 is 1.29 bits per heavy atom. The predicted molar refractivity (Wildman–Crippen MR) is 283 cm³/mol. The first-order valence-corrected chi connectivity index (χ1v) is 26.6. The van der Waals surface area contributed by atoms with E-state index in [1.54, 1.807) is 47.0 Å². The Morgan fingerprint density at radius 1 is 0.304 bits per heavy atom. The van der Waals surface area contributed by atoms with Gasteiger partial charge in [-0.2, -0.15) is 0 Å². The van der Waals surface area contributed by atoms with Gasteiger partial charge >= 0.3 is 15.7 Å². The number of hydrogen-bond acceptors (Lipinski definition) is 10. The van der Waals surface area contributed by atoms with Crippen LogP contribution in [0.1, 0.15) is 22.3 Å². The molecule has 8 aromatic carbocycles. The van der Waals surface area contributed by atoms with Crippen LogP contribution < -0.4 is 11.0 Å². The smallest absolute Gasteiger partial charge is 0.389 e. The van der Waals surface area contributed by atoms with E-state index in [1.165, 1.54) is 0 Å². The highest BCUT2D eigenvalue weighted by molar-refractivity contribution is 8.00. The molecule has 4 aliphatic rings. The molecule has 0 saturated heterocycles. The number of aromatic nitrogens is 2. The van der Waals surface area contributed by atoms with Gasteiger partial charge in [0.1, 0.15) is 22.6 Å². The van der Waals surface area contributed by atoms with Gasteiger partial charge in [0, 0.05) is 83.0 Å². The second-order valence-corrected chi connectivity index (χ2v) is 22.2. The van der Waals surface area contributed by atoms with Crippen molar-refractivity contribution in [3.05, 3.63) is 227 Å². The van der Waals surface area contributed by atoms with Crippen LogP contribution in [0.15, 0.2) is 263 Å². The molecule has 0 spiro atoms. The molecule has 6 heterocycles. The first-order chi connectivity index (χ1) is 34.2. The van der Waals surface area contributed by atoms with E-state index in [2.05, 4.69) is 201 Å². The molecule has 8 nitrogen and oxygen atoms in total. The summed E-state index contributed by atoms with van der Waals surface area (Å²) in [5, 5.41) is 3.99. The van der Waals surface area contributed by atoms with Crippen molar-refractivity contribution in [2.45, 2.75) is 39.2 Å². The molecule has 0 atom stereocenters. The summed E-state index contributed by atoms with van der Waals surface area (Å²) in [5.41, 5.74) is 5.37. The molecule has 6 bridgehead atoms. The molecule has 69 heavy (non-hydrogen) atoms. The molecule has 0 unspecified atom stereocenters. The summed E-state index contributed by atoms with van der Waals surface area (Å²) in [7, 11) is 0. The summed E-state index contributed by atoms with van der Waals surface area (Å²) >= 11 is 6.03. The van der Waals surface area contributed by atoms with Gasteiger partial charge in [0.05, 0.1) is 0 Å². The van der Waals surface area contributed by atoms with E-state index < -0.39 is 15.7 Å². The van der Waals surface area contributed by atoms with Crippen LogP contribution in [0.5, 0.6) is 0 Å². The van der Waals surface area contributed by atoms with Crippen LogP contribution in [0.2, 0.25) is 0 Å². The van der Waals surface area contributed by atoms with E-state index in [-0.39, 0.29) is 0 Å². The summed E-state index contributed by atoms with van der Waals surface area (Å²) in [6, 6.07) is 67.9. The quantitative estimate of drug-likeness (QED) is 0.142. The van der Waals surface area contributed by atoms with Crippen LogP contribution in [-0.4, -0.2) is 46.1 Å². The monoisotopic (exact) mass is 971 g/mol. The van der Waals surface area contributed by atoms with E-state index in [4.69, 9.17) is 30.0 Å².